The lowest BCUT2D eigenvalue weighted by Gasteiger charge is -2.28. The summed E-state index contributed by atoms with van der Waals surface area (Å²) in [7, 11) is 0. The Hall–Kier alpha value is -4.15. The molecule has 0 saturated heterocycles. The number of benzene rings is 2. The van der Waals surface area contributed by atoms with E-state index >= 15 is 0 Å². The highest BCUT2D eigenvalue weighted by molar-refractivity contribution is 5.91. The minimum atomic E-state index is -0.839. The van der Waals surface area contributed by atoms with Crippen LogP contribution in [0.1, 0.15) is 18.2 Å². The van der Waals surface area contributed by atoms with Gasteiger partial charge in [-0.15, -0.1) is 0 Å². The van der Waals surface area contributed by atoms with Gasteiger partial charge < -0.3 is 15.0 Å². The third-order valence-electron chi connectivity index (χ3n) is 5.45. The largest absolute Gasteiger partial charge is 0.450 e. The number of nitrogens with zero attached hydrogens (tertiary/aromatic N) is 3. The Morgan fingerprint density at radius 3 is 2.51 bits per heavy atom. The molecule has 3 aromatic rings. The predicted octanol–water partition coefficient (Wildman–Crippen LogP) is 3.48. The molecular formula is C24H21F3N4O4. The number of anilines is 1. The van der Waals surface area contributed by atoms with Gasteiger partial charge in [0.25, 0.3) is 5.56 Å². The zero-order valence-electron chi connectivity index (χ0n) is 18.7. The molecule has 1 aliphatic rings. The number of hydrogen-bond acceptors (Lipinski definition) is 5. The van der Waals surface area contributed by atoms with Crippen LogP contribution in [0.3, 0.4) is 0 Å². The van der Waals surface area contributed by atoms with Crippen LogP contribution in [-0.4, -0.2) is 39.6 Å². The lowest BCUT2D eigenvalue weighted by Crippen LogP contribution is -2.42. The van der Waals surface area contributed by atoms with Gasteiger partial charge in [0.15, 0.2) is 0 Å². The molecular weight excluding hydrogens is 465 g/mol. The van der Waals surface area contributed by atoms with Crippen molar-refractivity contribution < 1.29 is 27.5 Å². The van der Waals surface area contributed by atoms with Crippen molar-refractivity contribution in [2.24, 2.45) is 0 Å². The Morgan fingerprint density at radius 2 is 1.80 bits per heavy atom. The van der Waals surface area contributed by atoms with E-state index in [1.54, 1.807) is 6.92 Å². The molecule has 0 atom stereocenters. The van der Waals surface area contributed by atoms with E-state index in [1.165, 1.54) is 29.2 Å². The molecule has 182 valence electrons. The summed E-state index contributed by atoms with van der Waals surface area (Å²) < 4.78 is 47.1. The van der Waals surface area contributed by atoms with Crippen molar-refractivity contribution in [2.45, 2.75) is 26.4 Å². The number of rotatable bonds is 5. The summed E-state index contributed by atoms with van der Waals surface area (Å²) in [6.45, 7) is 1.57. The van der Waals surface area contributed by atoms with Crippen LogP contribution in [0, 0.1) is 17.5 Å². The molecule has 1 N–H and O–H groups in total. The number of hydrogen-bond donors (Lipinski definition) is 1. The van der Waals surface area contributed by atoms with Gasteiger partial charge in [0, 0.05) is 23.7 Å². The highest BCUT2D eigenvalue weighted by Crippen LogP contribution is 2.22. The summed E-state index contributed by atoms with van der Waals surface area (Å²) in [4.78, 5) is 44.2. The van der Waals surface area contributed by atoms with E-state index in [1.807, 2.05) is 0 Å². The average molecular weight is 486 g/mol. The van der Waals surface area contributed by atoms with Crippen molar-refractivity contribution in [3.8, 4) is 11.4 Å². The third-order valence-corrected chi connectivity index (χ3v) is 5.45. The molecule has 11 heteroatoms. The van der Waals surface area contributed by atoms with Crippen LogP contribution in [0.5, 0.6) is 0 Å². The molecule has 0 bridgehead atoms. The number of nitrogens with one attached hydrogen (secondary N) is 1. The van der Waals surface area contributed by atoms with Gasteiger partial charge in [0.05, 0.1) is 24.5 Å². The van der Waals surface area contributed by atoms with Gasteiger partial charge in [-0.3, -0.25) is 14.2 Å². The van der Waals surface area contributed by atoms with Crippen LogP contribution < -0.4 is 10.9 Å². The molecule has 1 aliphatic heterocycles. The Balaban J connectivity index is 1.72. The molecule has 0 radical (unpaired) electrons. The molecule has 0 fully saturated rings. The standard InChI is InChI=1S/C24H21F3N4O4/c1-2-35-24(34)30-10-9-17-20(12-30)29-22(14-3-5-15(25)6-4-14)31(23(17)33)13-21(32)28-19-11-16(26)7-8-18(19)27/h3-8,11H,2,9-10,12-13H2,1H3,(H,28,32). The Kier molecular flexibility index (Phi) is 6.85. The number of amides is 2. The summed E-state index contributed by atoms with van der Waals surface area (Å²) in [6.07, 6.45) is -0.354. The number of carbonyl (C=O) groups is 2. The zero-order chi connectivity index (χ0) is 25.1. The normalized spacial score (nSPS) is 12.7. The van der Waals surface area contributed by atoms with E-state index in [2.05, 4.69) is 10.3 Å². The third kappa shape index (κ3) is 5.18. The van der Waals surface area contributed by atoms with Crippen LogP contribution in [0.15, 0.2) is 47.3 Å². The summed E-state index contributed by atoms with van der Waals surface area (Å²) in [5.74, 6) is -2.81. The summed E-state index contributed by atoms with van der Waals surface area (Å²) in [5.41, 5.74) is 0.113. The van der Waals surface area contributed by atoms with E-state index < -0.39 is 41.6 Å². The second kappa shape index (κ2) is 10.00. The van der Waals surface area contributed by atoms with Crippen LogP contribution in [-0.2, 0) is 29.0 Å². The van der Waals surface area contributed by atoms with E-state index in [0.717, 1.165) is 22.8 Å². The number of carbonyl (C=O) groups excluding carboxylic acids is 2. The highest BCUT2D eigenvalue weighted by atomic mass is 19.1. The first kappa shape index (κ1) is 24.0. The molecule has 4 rings (SSSR count). The molecule has 2 heterocycles. The zero-order valence-corrected chi connectivity index (χ0v) is 18.7. The number of aromatic nitrogens is 2. The van der Waals surface area contributed by atoms with E-state index in [0.29, 0.717) is 16.8 Å². The van der Waals surface area contributed by atoms with Crippen molar-refractivity contribution in [3.63, 3.8) is 0 Å². The monoisotopic (exact) mass is 486 g/mol. The van der Waals surface area contributed by atoms with Gasteiger partial charge in [-0.2, -0.15) is 0 Å². The molecule has 0 saturated carbocycles. The van der Waals surface area contributed by atoms with Crippen LogP contribution >= 0.6 is 0 Å². The lowest BCUT2D eigenvalue weighted by atomic mass is 10.1. The molecule has 8 nitrogen and oxygen atoms in total. The SMILES string of the molecule is CCOC(=O)N1CCc2c(nc(-c3ccc(F)cc3)n(CC(=O)Nc3cc(F)ccc3F)c2=O)C1. The molecule has 0 unspecified atom stereocenters. The van der Waals surface area contributed by atoms with Crippen LogP contribution in [0.4, 0.5) is 23.7 Å². The molecule has 1 aromatic heterocycles. The lowest BCUT2D eigenvalue weighted by molar-refractivity contribution is -0.116. The van der Waals surface area contributed by atoms with Gasteiger partial charge >= 0.3 is 6.09 Å². The number of ether oxygens (including phenoxy) is 1. The molecule has 0 aliphatic carbocycles. The quantitative estimate of drug-likeness (QED) is 0.596. The fraction of sp³-hybridized carbons (Fsp3) is 0.250. The van der Waals surface area contributed by atoms with Crippen molar-refractivity contribution in [1.29, 1.82) is 0 Å². The number of halogens is 3. The minimum absolute atomic E-state index is 0.0269. The van der Waals surface area contributed by atoms with E-state index in [-0.39, 0.29) is 37.6 Å². The Morgan fingerprint density at radius 1 is 1.09 bits per heavy atom. The average Bonchev–Trinajstić information content (AvgIpc) is 2.83. The van der Waals surface area contributed by atoms with E-state index in [4.69, 9.17) is 4.74 Å². The van der Waals surface area contributed by atoms with Gasteiger partial charge in [-0.1, -0.05) is 0 Å². The van der Waals surface area contributed by atoms with Crippen LogP contribution in [0.2, 0.25) is 0 Å². The van der Waals surface area contributed by atoms with Gasteiger partial charge in [-0.05, 0) is 49.7 Å². The van der Waals surface area contributed by atoms with Gasteiger partial charge in [-0.25, -0.2) is 22.9 Å². The first-order chi connectivity index (χ1) is 16.8. The molecule has 35 heavy (non-hydrogen) atoms. The van der Waals surface area contributed by atoms with Crippen molar-refractivity contribution >= 4 is 17.7 Å². The summed E-state index contributed by atoms with van der Waals surface area (Å²) in [5, 5.41) is 2.26. The Bertz CT molecular complexity index is 1340. The second-order valence-corrected chi connectivity index (χ2v) is 7.80. The highest BCUT2D eigenvalue weighted by Gasteiger charge is 2.27. The topological polar surface area (TPSA) is 93.5 Å². The number of fused-ring (bicyclic) bond motifs is 1. The molecule has 2 amide bonds. The Labute approximate surface area is 198 Å². The maximum Gasteiger partial charge on any atom is 0.410 e. The van der Waals surface area contributed by atoms with Gasteiger partial charge in [0.1, 0.15) is 29.8 Å². The smallest absolute Gasteiger partial charge is 0.410 e. The van der Waals surface area contributed by atoms with Crippen molar-refractivity contribution in [1.82, 2.24) is 14.5 Å². The molecule has 2 aromatic carbocycles. The van der Waals surface area contributed by atoms with Gasteiger partial charge in [0.2, 0.25) is 5.91 Å². The predicted molar refractivity (Wildman–Crippen MR) is 120 cm³/mol. The maximum absolute atomic E-state index is 14.0. The van der Waals surface area contributed by atoms with E-state index in [9.17, 15) is 27.6 Å². The fourth-order valence-electron chi connectivity index (χ4n) is 3.79. The summed E-state index contributed by atoms with van der Waals surface area (Å²) >= 11 is 0. The van der Waals surface area contributed by atoms with Crippen LogP contribution in [0.25, 0.3) is 11.4 Å². The summed E-state index contributed by atoms with van der Waals surface area (Å²) in [6, 6.07) is 7.76. The van der Waals surface area contributed by atoms with Crippen molar-refractivity contribution in [3.05, 3.63) is 81.5 Å². The minimum Gasteiger partial charge on any atom is -0.450 e. The molecule has 0 spiro atoms. The fourth-order valence-corrected chi connectivity index (χ4v) is 3.79. The first-order valence-corrected chi connectivity index (χ1v) is 10.8. The second-order valence-electron chi connectivity index (χ2n) is 7.80. The van der Waals surface area contributed by atoms with Crippen molar-refractivity contribution in [2.75, 3.05) is 18.5 Å². The first-order valence-electron chi connectivity index (χ1n) is 10.8. The maximum atomic E-state index is 14.0.